The van der Waals surface area contributed by atoms with Crippen LogP contribution in [-0.2, 0) is 4.74 Å². The molecule has 0 radical (unpaired) electrons. The van der Waals surface area contributed by atoms with Gasteiger partial charge in [0.2, 0.25) is 0 Å². The van der Waals surface area contributed by atoms with E-state index < -0.39 is 0 Å². The van der Waals surface area contributed by atoms with E-state index in [-0.39, 0.29) is 0 Å². The van der Waals surface area contributed by atoms with Gasteiger partial charge >= 0.3 is 0 Å². The molecule has 1 aliphatic carbocycles. The second-order valence-corrected chi connectivity index (χ2v) is 5.63. The summed E-state index contributed by atoms with van der Waals surface area (Å²) >= 11 is 0. The lowest BCUT2D eigenvalue weighted by atomic mass is 9.94. The van der Waals surface area contributed by atoms with E-state index in [0.29, 0.717) is 30.0 Å². The van der Waals surface area contributed by atoms with Crippen molar-refractivity contribution in [3.8, 4) is 0 Å². The highest BCUT2D eigenvalue weighted by molar-refractivity contribution is 5.00. The summed E-state index contributed by atoms with van der Waals surface area (Å²) in [6.45, 7) is 6.90. The predicted molar refractivity (Wildman–Crippen MR) is 68.3 cm³/mol. The van der Waals surface area contributed by atoms with Crippen molar-refractivity contribution >= 4 is 0 Å². The van der Waals surface area contributed by atoms with Gasteiger partial charge in [-0.25, -0.2) is 0 Å². The van der Waals surface area contributed by atoms with Gasteiger partial charge in [-0.15, -0.1) is 0 Å². The Morgan fingerprint density at radius 3 is 2.44 bits per heavy atom. The maximum Gasteiger partial charge on any atom is 0.0870 e. The zero-order valence-electron chi connectivity index (χ0n) is 10.7. The summed E-state index contributed by atoms with van der Waals surface area (Å²) in [7, 11) is 0. The SMILES string of the molecule is CC1C=CCC(C)C2OC2CC(C)/C=C\C1. The third-order valence-electron chi connectivity index (χ3n) is 3.73. The first-order chi connectivity index (χ1) is 7.66. The van der Waals surface area contributed by atoms with Crippen LogP contribution in [0.15, 0.2) is 24.3 Å². The fourth-order valence-electron chi connectivity index (χ4n) is 2.56. The average Bonchev–Trinajstić information content (AvgIpc) is 2.95. The minimum absolute atomic E-state index is 0.523. The van der Waals surface area contributed by atoms with Crippen LogP contribution in [-0.4, -0.2) is 12.2 Å². The van der Waals surface area contributed by atoms with Crippen molar-refractivity contribution in [2.75, 3.05) is 0 Å². The van der Waals surface area contributed by atoms with Crippen molar-refractivity contribution in [1.29, 1.82) is 0 Å². The molecule has 0 aromatic heterocycles. The van der Waals surface area contributed by atoms with Gasteiger partial charge in [-0.1, -0.05) is 45.1 Å². The first-order valence-corrected chi connectivity index (χ1v) is 6.65. The lowest BCUT2D eigenvalue weighted by Gasteiger charge is -2.09. The summed E-state index contributed by atoms with van der Waals surface area (Å²) < 4.78 is 5.77. The molecule has 1 nitrogen and oxygen atoms in total. The molecule has 1 saturated heterocycles. The van der Waals surface area contributed by atoms with E-state index in [4.69, 9.17) is 4.74 Å². The Hall–Kier alpha value is -0.560. The molecule has 2 aliphatic rings. The Morgan fingerprint density at radius 1 is 0.938 bits per heavy atom. The van der Waals surface area contributed by atoms with Gasteiger partial charge in [0.25, 0.3) is 0 Å². The molecule has 5 unspecified atom stereocenters. The van der Waals surface area contributed by atoms with Crippen LogP contribution in [0.2, 0.25) is 0 Å². The lowest BCUT2D eigenvalue weighted by molar-refractivity contribution is 0.317. The monoisotopic (exact) mass is 220 g/mol. The quantitative estimate of drug-likeness (QED) is 0.445. The second-order valence-electron chi connectivity index (χ2n) is 5.63. The molecule has 0 saturated carbocycles. The van der Waals surface area contributed by atoms with Gasteiger partial charge in [-0.2, -0.15) is 0 Å². The van der Waals surface area contributed by atoms with Crippen LogP contribution in [0.1, 0.15) is 40.0 Å². The fraction of sp³-hybridized carbons (Fsp3) is 0.733. The van der Waals surface area contributed by atoms with Gasteiger partial charge in [0.1, 0.15) is 0 Å². The van der Waals surface area contributed by atoms with Crippen molar-refractivity contribution in [2.45, 2.75) is 52.2 Å². The second kappa shape index (κ2) is 5.18. The molecule has 0 bridgehead atoms. The van der Waals surface area contributed by atoms with Gasteiger partial charge in [0.15, 0.2) is 0 Å². The Bertz CT molecular complexity index is 279. The zero-order valence-corrected chi connectivity index (χ0v) is 10.7. The minimum atomic E-state index is 0.523. The molecule has 0 spiro atoms. The number of rotatable bonds is 0. The van der Waals surface area contributed by atoms with E-state index in [0.717, 1.165) is 0 Å². The van der Waals surface area contributed by atoms with Crippen molar-refractivity contribution in [3.63, 3.8) is 0 Å². The van der Waals surface area contributed by atoms with Crippen LogP contribution >= 0.6 is 0 Å². The third kappa shape index (κ3) is 3.21. The maximum absolute atomic E-state index is 5.77. The van der Waals surface area contributed by atoms with Gasteiger partial charge in [-0.05, 0) is 37.0 Å². The Balaban J connectivity index is 1.98. The summed E-state index contributed by atoms with van der Waals surface area (Å²) in [5.41, 5.74) is 0. The number of ether oxygens (including phenoxy) is 1. The number of hydrogen-bond acceptors (Lipinski definition) is 1. The van der Waals surface area contributed by atoms with E-state index in [2.05, 4.69) is 45.1 Å². The molecule has 90 valence electrons. The maximum atomic E-state index is 5.77. The van der Waals surface area contributed by atoms with Crippen LogP contribution in [0.5, 0.6) is 0 Å². The largest absolute Gasteiger partial charge is 0.369 e. The predicted octanol–water partition coefficient (Wildman–Crippen LogP) is 3.96. The van der Waals surface area contributed by atoms with E-state index >= 15 is 0 Å². The molecular weight excluding hydrogens is 196 g/mol. The van der Waals surface area contributed by atoms with E-state index in [1.807, 2.05) is 0 Å². The van der Waals surface area contributed by atoms with Crippen LogP contribution in [0, 0.1) is 17.8 Å². The molecule has 0 aromatic carbocycles. The molecule has 2 rings (SSSR count). The smallest absolute Gasteiger partial charge is 0.0870 e. The number of hydrogen-bond donors (Lipinski definition) is 0. The molecular formula is C15H24O. The minimum Gasteiger partial charge on any atom is -0.369 e. The summed E-state index contributed by atoms with van der Waals surface area (Å²) in [4.78, 5) is 0. The summed E-state index contributed by atoms with van der Waals surface area (Å²) in [6, 6.07) is 0. The molecule has 1 fully saturated rings. The van der Waals surface area contributed by atoms with E-state index in [1.54, 1.807) is 0 Å². The number of fused-ring (bicyclic) bond motifs is 1. The van der Waals surface area contributed by atoms with E-state index in [9.17, 15) is 0 Å². The van der Waals surface area contributed by atoms with Crippen LogP contribution < -0.4 is 0 Å². The fourth-order valence-corrected chi connectivity index (χ4v) is 2.56. The molecule has 5 atom stereocenters. The van der Waals surface area contributed by atoms with Crippen molar-refractivity contribution in [1.82, 2.24) is 0 Å². The Labute approximate surface area is 99.6 Å². The topological polar surface area (TPSA) is 12.5 Å². The van der Waals surface area contributed by atoms with Crippen LogP contribution in [0.3, 0.4) is 0 Å². The summed E-state index contributed by atoms with van der Waals surface area (Å²) in [6.07, 6.45) is 14.0. The molecule has 1 aliphatic heterocycles. The molecule has 0 N–H and O–H groups in total. The van der Waals surface area contributed by atoms with Gasteiger partial charge < -0.3 is 4.74 Å². The molecule has 16 heavy (non-hydrogen) atoms. The highest BCUT2D eigenvalue weighted by Gasteiger charge is 2.42. The normalized spacial score (nSPS) is 46.3. The highest BCUT2D eigenvalue weighted by Crippen LogP contribution is 2.36. The summed E-state index contributed by atoms with van der Waals surface area (Å²) in [5.74, 6) is 2.02. The van der Waals surface area contributed by atoms with Crippen molar-refractivity contribution in [2.24, 2.45) is 17.8 Å². The average molecular weight is 220 g/mol. The molecule has 0 aromatic rings. The standard InChI is InChI=1S/C15H24O/c1-11-6-4-8-12(2)10-14-15(16-14)13(3)9-5-7-11/h4-5,7-8,11-15H,6,9-10H2,1-3H3/b7-5?,8-4-. The van der Waals surface area contributed by atoms with Crippen molar-refractivity contribution < 1.29 is 4.74 Å². The molecule has 1 heterocycles. The van der Waals surface area contributed by atoms with Gasteiger partial charge in [0, 0.05) is 0 Å². The van der Waals surface area contributed by atoms with Gasteiger partial charge in [0.05, 0.1) is 12.2 Å². The first-order valence-electron chi connectivity index (χ1n) is 6.65. The highest BCUT2D eigenvalue weighted by atomic mass is 16.6. The molecule has 1 heteroatoms. The third-order valence-corrected chi connectivity index (χ3v) is 3.73. The van der Waals surface area contributed by atoms with Crippen molar-refractivity contribution in [3.05, 3.63) is 24.3 Å². The Kier molecular flexibility index (Phi) is 3.86. The van der Waals surface area contributed by atoms with Crippen LogP contribution in [0.4, 0.5) is 0 Å². The zero-order chi connectivity index (χ0) is 11.5. The van der Waals surface area contributed by atoms with Crippen LogP contribution in [0.25, 0.3) is 0 Å². The first kappa shape index (κ1) is 11.9. The lowest BCUT2D eigenvalue weighted by Crippen LogP contribution is -2.08. The van der Waals surface area contributed by atoms with Gasteiger partial charge in [-0.3, -0.25) is 0 Å². The Morgan fingerprint density at radius 2 is 1.62 bits per heavy atom. The van der Waals surface area contributed by atoms with E-state index in [1.165, 1.54) is 19.3 Å². The molecule has 0 amide bonds. The summed E-state index contributed by atoms with van der Waals surface area (Å²) in [5, 5.41) is 0. The number of epoxide rings is 1. The number of allylic oxidation sites excluding steroid dienone is 4.